The molecule has 2 aliphatic heterocycles. The monoisotopic (exact) mass is 260 g/mol. The second-order valence-corrected chi connectivity index (χ2v) is 5.12. The summed E-state index contributed by atoms with van der Waals surface area (Å²) >= 11 is 0. The molecule has 1 unspecified atom stereocenters. The number of ether oxygens (including phenoxy) is 1. The van der Waals surface area contributed by atoms with Gasteiger partial charge in [-0.1, -0.05) is 12.2 Å². The van der Waals surface area contributed by atoms with E-state index in [2.05, 4.69) is 16.5 Å². The Labute approximate surface area is 111 Å². The molecule has 0 spiro atoms. The number of carbonyl (C=O) groups is 1. The summed E-state index contributed by atoms with van der Waals surface area (Å²) in [4.78, 5) is 18.8. The number of rotatable bonds is 1. The molecule has 1 fully saturated rings. The molecule has 5 nitrogen and oxygen atoms in total. The zero-order valence-corrected chi connectivity index (χ0v) is 10.8. The van der Waals surface area contributed by atoms with Crippen LogP contribution in [0.4, 0.5) is 0 Å². The smallest absolute Gasteiger partial charge is 0.198 e. The number of hydrogen-bond donors (Lipinski definition) is 1. The number of carbonyl (C=O) groups excluding carboxylic acids is 1. The Balaban J connectivity index is 1.97. The maximum absolute atomic E-state index is 12.3. The lowest BCUT2D eigenvalue weighted by atomic mass is 9.96. The van der Waals surface area contributed by atoms with Crippen molar-refractivity contribution >= 4 is 12.0 Å². The quantitative estimate of drug-likeness (QED) is 0.714. The van der Waals surface area contributed by atoms with Crippen LogP contribution in [0.25, 0.3) is 0 Å². The standard InChI is InChI=1S/C14H16N2O3/c1-8-3-9-5-15-11-4-12(17)14(19-2)13(18)10(11)7-16(9)6-8/h4-5,9,14,17H,1,3,6-7H2,2H3/t9-,14?/m0/s1. The molecule has 0 amide bonds. The molecule has 3 rings (SSSR count). The van der Waals surface area contributed by atoms with Crippen molar-refractivity contribution in [3.8, 4) is 0 Å². The molecule has 1 N–H and O–H groups in total. The summed E-state index contributed by atoms with van der Waals surface area (Å²) in [5.74, 6) is -0.275. The highest BCUT2D eigenvalue weighted by atomic mass is 16.5. The first-order valence-electron chi connectivity index (χ1n) is 6.25. The van der Waals surface area contributed by atoms with Crippen molar-refractivity contribution in [1.29, 1.82) is 0 Å². The van der Waals surface area contributed by atoms with Crippen LogP contribution in [0.3, 0.4) is 0 Å². The summed E-state index contributed by atoms with van der Waals surface area (Å²) in [6, 6.07) is 0.197. The van der Waals surface area contributed by atoms with Crippen LogP contribution in [0.1, 0.15) is 6.42 Å². The van der Waals surface area contributed by atoms with Gasteiger partial charge in [-0.3, -0.25) is 14.7 Å². The number of aliphatic imine (C=N–C) groups is 1. The number of allylic oxidation sites excluding steroid dienone is 1. The molecule has 3 aliphatic rings. The first kappa shape index (κ1) is 12.3. The topological polar surface area (TPSA) is 62.1 Å². The van der Waals surface area contributed by atoms with Crippen LogP contribution in [0, 0.1) is 0 Å². The van der Waals surface area contributed by atoms with E-state index in [1.54, 1.807) is 0 Å². The summed E-state index contributed by atoms with van der Waals surface area (Å²) < 4.78 is 5.05. The van der Waals surface area contributed by atoms with Crippen molar-refractivity contribution in [3.05, 3.63) is 35.3 Å². The maximum atomic E-state index is 12.3. The molecule has 2 atom stereocenters. The van der Waals surface area contributed by atoms with Gasteiger partial charge in [0, 0.05) is 44.1 Å². The number of nitrogens with zero attached hydrogens (tertiary/aromatic N) is 2. The van der Waals surface area contributed by atoms with Crippen molar-refractivity contribution < 1.29 is 14.6 Å². The summed E-state index contributed by atoms with van der Waals surface area (Å²) in [7, 11) is 1.42. The van der Waals surface area contributed by atoms with Gasteiger partial charge in [-0.05, 0) is 6.42 Å². The molecule has 0 radical (unpaired) electrons. The average Bonchev–Trinajstić information content (AvgIpc) is 2.63. The Morgan fingerprint density at radius 3 is 3.05 bits per heavy atom. The number of aliphatic hydroxyl groups excluding tert-OH is 1. The molecular weight excluding hydrogens is 244 g/mol. The van der Waals surface area contributed by atoms with Gasteiger partial charge in [0.05, 0.1) is 5.70 Å². The highest BCUT2D eigenvalue weighted by Crippen LogP contribution is 2.29. The predicted molar refractivity (Wildman–Crippen MR) is 71.2 cm³/mol. The molecule has 100 valence electrons. The van der Waals surface area contributed by atoms with E-state index in [1.165, 1.54) is 13.2 Å². The van der Waals surface area contributed by atoms with Gasteiger partial charge in [-0.15, -0.1) is 0 Å². The third-order valence-electron chi connectivity index (χ3n) is 3.77. The first-order valence-corrected chi connectivity index (χ1v) is 6.25. The highest BCUT2D eigenvalue weighted by molar-refractivity contribution is 6.03. The summed E-state index contributed by atoms with van der Waals surface area (Å²) in [6.07, 6.45) is 3.35. The van der Waals surface area contributed by atoms with E-state index in [1.807, 2.05) is 6.21 Å². The minimum absolute atomic E-state index is 0.0742. The van der Waals surface area contributed by atoms with Crippen LogP contribution in [0.15, 0.2) is 40.2 Å². The van der Waals surface area contributed by atoms with Crippen LogP contribution in [0.2, 0.25) is 0 Å². The zero-order valence-electron chi connectivity index (χ0n) is 10.8. The Hall–Kier alpha value is -1.72. The summed E-state index contributed by atoms with van der Waals surface area (Å²) in [6.45, 7) is 5.31. The fourth-order valence-corrected chi connectivity index (χ4v) is 2.81. The lowest BCUT2D eigenvalue weighted by Gasteiger charge is -2.24. The zero-order chi connectivity index (χ0) is 13.6. The van der Waals surface area contributed by atoms with E-state index < -0.39 is 6.10 Å². The van der Waals surface area contributed by atoms with E-state index in [-0.39, 0.29) is 17.6 Å². The largest absolute Gasteiger partial charge is 0.509 e. The van der Waals surface area contributed by atoms with Gasteiger partial charge in [-0.25, -0.2) is 0 Å². The van der Waals surface area contributed by atoms with E-state index in [4.69, 9.17) is 4.74 Å². The van der Waals surface area contributed by atoms with Crippen molar-refractivity contribution in [1.82, 2.24) is 4.90 Å². The van der Waals surface area contributed by atoms with Gasteiger partial charge in [0.1, 0.15) is 5.76 Å². The highest BCUT2D eigenvalue weighted by Gasteiger charge is 2.36. The number of Topliss-reactive ketones (excluding diaryl/α,β-unsaturated/α-hetero) is 1. The minimum Gasteiger partial charge on any atom is -0.509 e. The summed E-state index contributed by atoms with van der Waals surface area (Å²) in [5, 5.41) is 9.79. The number of methoxy groups -OCH3 is 1. The van der Waals surface area contributed by atoms with Gasteiger partial charge in [0.2, 0.25) is 0 Å². The average molecular weight is 260 g/mol. The number of fused-ring (bicyclic) bond motifs is 1. The third kappa shape index (κ3) is 1.95. The molecule has 1 aliphatic carbocycles. The second-order valence-electron chi connectivity index (χ2n) is 5.12. The molecule has 0 aromatic rings. The SMILES string of the molecule is C=C1C[C@H]2C=NC3=C(CN2C1)C(=O)C(OC)C(O)=C3. The van der Waals surface area contributed by atoms with Crippen LogP contribution >= 0.6 is 0 Å². The predicted octanol–water partition coefficient (Wildman–Crippen LogP) is 0.995. The van der Waals surface area contributed by atoms with Crippen molar-refractivity contribution in [2.24, 2.45) is 4.99 Å². The van der Waals surface area contributed by atoms with Gasteiger partial charge in [0.15, 0.2) is 11.9 Å². The van der Waals surface area contributed by atoms with Crippen LogP contribution in [-0.4, -0.2) is 54.3 Å². The minimum atomic E-state index is -0.892. The normalized spacial score (nSPS) is 31.1. The van der Waals surface area contributed by atoms with Gasteiger partial charge >= 0.3 is 0 Å². The van der Waals surface area contributed by atoms with E-state index in [9.17, 15) is 9.90 Å². The maximum Gasteiger partial charge on any atom is 0.198 e. The Bertz CT molecular complexity index is 545. The fraction of sp³-hybridized carbons (Fsp3) is 0.429. The Kier molecular flexibility index (Phi) is 2.88. The van der Waals surface area contributed by atoms with Crippen LogP contribution < -0.4 is 0 Å². The molecule has 0 bridgehead atoms. The van der Waals surface area contributed by atoms with E-state index in [0.717, 1.165) is 18.5 Å². The van der Waals surface area contributed by atoms with Crippen molar-refractivity contribution in [2.45, 2.75) is 18.6 Å². The van der Waals surface area contributed by atoms with Crippen LogP contribution in [-0.2, 0) is 9.53 Å². The molecule has 19 heavy (non-hydrogen) atoms. The molecule has 2 heterocycles. The Morgan fingerprint density at radius 1 is 1.53 bits per heavy atom. The number of ketones is 1. The first-order chi connectivity index (χ1) is 9.10. The number of hydrogen-bond acceptors (Lipinski definition) is 5. The second kappa shape index (κ2) is 4.43. The van der Waals surface area contributed by atoms with Crippen molar-refractivity contribution in [3.63, 3.8) is 0 Å². The van der Waals surface area contributed by atoms with Crippen LogP contribution in [0.5, 0.6) is 0 Å². The van der Waals surface area contributed by atoms with E-state index in [0.29, 0.717) is 17.8 Å². The lowest BCUT2D eigenvalue weighted by molar-refractivity contribution is -0.125. The molecule has 0 aromatic carbocycles. The molecule has 1 saturated heterocycles. The summed E-state index contributed by atoms with van der Waals surface area (Å²) in [5.41, 5.74) is 2.32. The van der Waals surface area contributed by atoms with E-state index >= 15 is 0 Å². The fourth-order valence-electron chi connectivity index (χ4n) is 2.81. The Morgan fingerprint density at radius 2 is 2.32 bits per heavy atom. The van der Waals surface area contributed by atoms with Crippen molar-refractivity contribution in [2.75, 3.05) is 20.2 Å². The number of aliphatic hydroxyl groups is 1. The molecule has 0 saturated carbocycles. The van der Waals surface area contributed by atoms with Gasteiger partial charge in [-0.2, -0.15) is 0 Å². The molecule has 0 aromatic heterocycles. The molecular formula is C14H16N2O3. The van der Waals surface area contributed by atoms with Gasteiger partial charge in [0.25, 0.3) is 0 Å². The van der Waals surface area contributed by atoms with Gasteiger partial charge < -0.3 is 9.84 Å². The third-order valence-corrected chi connectivity index (χ3v) is 3.77. The lowest BCUT2D eigenvalue weighted by Crippen LogP contribution is -2.37. The molecule has 5 heteroatoms.